The van der Waals surface area contributed by atoms with Crippen LogP contribution in [-0.4, -0.2) is 24.0 Å². The Bertz CT molecular complexity index is 411. The summed E-state index contributed by atoms with van der Waals surface area (Å²) in [5.74, 6) is 0.911. The molecule has 0 spiro atoms. The third kappa shape index (κ3) is 4.87. The Balaban J connectivity index is 1.91. The molecule has 2 heterocycles. The second-order valence-electron chi connectivity index (χ2n) is 6.64. The van der Waals surface area contributed by atoms with Crippen LogP contribution >= 0.6 is 11.3 Å². The molecule has 0 amide bonds. The first-order valence-electron chi connectivity index (χ1n) is 8.08. The van der Waals surface area contributed by atoms with E-state index >= 15 is 0 Å². The fourth-order valence-corrected chi connectivity index (χ4v) is 3.86. The van der Waals surface area contributed by atoms with Gasteiger partial charge in [-0.15, -0.1) is 11.3 Å². The second-order valence-corrected chi connectivity index (χ2v) is 7.98. The highest BCUT2D eigenvalue weighted by Crippen LogP contribution is 2.25. The molecule has 1 aromatic rings. The van der Waals surface area contributed by atoms with Crippen LogP contribution in [0.25, 0.3) is 0 Å². The Morgan fingerprint density at radius 2 is 2.15 bits per heavy atom. The highest BCUT2D eigenvalue weighted by Gasteiger charge is 2.15. The van der Waals surface area contributed by atoms with Crippen molar-refractivity contribution < 1.29 is 0 Å². The highest BCUT2D eigenvalue weighted by molar-refractivity contribution is 7.12. The molecule has 2 rings (SSSR count). The Labute approximate surface area is 128 Å². The van der Waals surface area contributed by atoms with Crippen molar-refractivity contribution in [3.63, 3.8) is 0 Å². The zero-order chi connectivity index (χ0) is 14.5. The third-order valence-electron chi connectivity index (χ3n) is 4.26. The van der Waals surface area contributed by atoms with Gasteiger partial charge in [-0.05, 0) is 56.8 Å². The fraction of sp³-hybridized carbons (Fsp3) is 0.765. The summed E-state index contributed by atoms with van der Waals surface area (Å²) in [6, 6.07) is 2.98. The molecule has 2 nitrogen and oxygen atoms in total. The van der Waals surface area contributed by atoms with E-state index in [1.165, 1.54) is 42.1 Å². The van der Waals surface area contributed by atoms with Gasteiger partial charge in [0, 0.05) is 28.9 Å². The molecule has 1 aliphatic rings. The maximum absolute atomic E-state index is 3.52. The van der Waals surface area contributed by atoms with Crippen LogP contribution in [0.3, 0.4) is 0 Å². The predicted molar refractivity (Wildman–Crippen MR) is 89.3 cm³/mol. The summed E-state index contributed by atoms with van der Waals surface area (Å²) >= 11 is 1.96. The van der Waals surface area contributed by atoms with Crippen molar-refractivity contribution in [2.24, 2.45) is 5.92 Å². The molecule has 20 heavy (non-hydrogen) atoms. The lowest BCUT2D eigenvalue weighted by Crippen LogP contribution is -2.24. The van der Waals surface area contributed by atoms with Crippen LogP contribution in [0, 0.1) is 12.8 Å². The van der Waals surface area contributed by atoms with E-state index in [0.717, 1.165) is 19.0 Å². The Hall–Kier alpha value is -0.380. The largest absolute Gasteiger partial charge is 0.310 e. The predicted octanol–water partition coefficient (Wildman–Crippen LogP) is 4.18. The molecule has 0 aromatic carbocycles. The summed E-state index contributed by atoms with van der Waals surface area (Å²) in [4.78, 5) is 5.63. The zero-order valence-corrected chi connectivity index (χ0v) is 14.4. The van der Waals surface area contributed by atoms with E-state index in [1.54, 1.807) is 5.56 Å². The van der Waals surface area contributed by atoms with Gasteiger partial charge in [0.15, 0.2) is 0 Å². The number of thiophene rings is 1. The molecule has 1 saturated heterocycles. The number of rotatable bonds is 5. The Morgan fingerprint density at radius 1 is 1.35 bits per heavy atom. The monoisotopic (exact) mass is 294 g/mol. The maximum Gasteiger partial charge on any atom is 0.0302 e. The van der Waals surface area contributed by atoms with Gasteiger partial charge < -0.3 is 5.32 Å². The number of likely N-dealkylation sites (tertiary alicyclic amines) is 1. The summed E-state index contributed by atoms with van der Waals surface area (Å²) in [7, 11) is 0. The quantitative estimate of drug-likeness (QED) is 0.876. The van der Waals surface area contributed by atoms with Crippen LogP contribution < -0.4 is 5.32 Å². The molecule has 1 aromatic heterocycles. The molecular formula is C17H30N2S. The standard InChI is InChI=1S/C17H30N2S/c1-13(2)18-11-17-10-16(15(4)20-17)12-19-8-5-6-14(3)7-9-19/h10,13-14,18H,5-9,11-12H2,1-4H3. The smallest absolute Gasteiger partial charge is 0.0302 e. The molecule has 0 saturated carbocycles. The van der Waals surface area contributed by atoms with Crippen LogP contribution in [0.1, 0.15) is 55.4 Å². The van der Waals surface area contributed by atoms with Gasteiger partial charge in [0.1, 0.15) is 0 Å². The second kappa shape index (κ2) is 7.58. The lowest BCUT2D eigenvalue weighted by molar-refractivity contribution is 0.273. The van der Waals surface area contributed by atoms with Gasteiger partial charge in [-0.1, -0.05) is 20.8 Å². The highest BCUT2D eigenvalue weighted by atomic mass is 32.1. The number of nitrogens with zero attached hydrogens (tertiary/aromatic N) is 1. The first kappa shape index (κ1) is 16.0. The molecule has 3 heteroatoms. The van der Waals surface area contributed by atoms with Gasteiger partial charge in [-0.2, -0.15) is 0 Å². The molecule has 0 radical (unpaired) electrons. The molecule has 1 fully saturated rings. The van der Waals surface area contributed by atoms with E-state index in [9.17, 15) is 0 Å². The number of hydrogen-bond donors (Lipinski definition) is 1. The third-order valence-corrected chi connectivity index (χ3v) is 5.35. The summed E-state index contributed by atoms with van der Waals surface area (Å²) in [5.41, 5.74) is 1.55. The van der Waals surface area contributed by atoms with E-state index in [-0.39, 0.29) is 0 Å². The van der Waals surface area contributed by atoms with Crippen molar-refractivity contribution in [3.05, 3.63) is 21.4 Å². The van der Waals surface area contributed by atoms with Gasteiger partial charge in [-0.3, -0.25) is 4.90 Å². The Morgan fingerprint density at radius 3 is 2.90 bits per heavy atom. The Kier molecular flexibility index (Phi) is 6.06. The van der Waals surface area contributed by atoms with Crippen molar-refractivity contribution in [1.29, 1.82) is 0 Å². The summed E-state index contributed by atoms with van der Waals surface area (Å²) in [5, 5.41) is 3.52. The van der Waals surface area contributed by atoms with Gasteiger partial charge >= 0.3 is 0 Å². The summed E-state index contributed by atoms with van der Waals surface area (Å²) in [6.45, 7) is 13.8. The van der Waals surface area contributed by atoms with E-state index in [4.69, 9.17) is 0 Å². The van der Waals surface area contributed by atoms with Crippen molar-refractivity contribution in [2.45, 2.75) is 66.1 Å². The molecule has 1 N–H and O–H groups in total. The zero-order valence-electron chi connectivity index (χ0n) is 13.5. The minimum atomic E-state index is 0.563. The minimum absolute atomic E-state index is 0.563. The SMILES string of the molecule is Cc1sc(CNC(C)C)cc1CN1CCCC(C)CC1. The molecule has 0 bridgehead atoms. The molecule has 1 aliphatic heterocycles. The van der Waals surface area contributed by atoms with E-state index in [0.29, 0.717) is 6.04 Å². The average Bonchev–Trinajstić information content (AvgIpc) is 2.59. The number of nitrogens with one attached hydrogen (secondary N) is 1. The number of aryl methyl sites for hydroxylation is 1. The van der Waals surface area contributed by atoms with Gasteiger partial charge in [0.05, 0.1) is 0 Å². The molecule has 1 unspecified atom stereocenters. The number of hydrogen-bond acceptors (Lipinski definition) is 3. The van der Waals surface area contributed by atoms with Crippen molar-refractivity contribution >= 4 is 11.3 Å². The van der Waals surface area contributed by atoms with Gasteiger partial charge in [0.25, 0.3) is 0 Å². The first-order chi connectivity index (χ1) is 9.54. The van der Waals surface area contributed by atoms with Crippen molar-refractivity contribution in [3.8, 4) is 0 Å². The topological polar surface area (TPSA) is 15.3 Å². The summed E-state index contributed by atoms with van der Waals surface area (Å²) in [6.07, 6.45) is 4.14. The van der Waals surface area contributed by atoms with E-state index in [1.807, 2.05) is 11.3 Å². The minimum Gasteiger partial charge on any atom is -0.310 e. The van der Waals surface area contributed by atoms with Crippen molar-refractivity contribution in [2.75, 3.05) is 13.1 Å². The molecular weight excluding hydrogens is 264 g/mol. The van der Waals surface area contributed by atoms with Crippen LogP contribution in [0.15, 0.2) is 6.07 Å². The van der Waals surface area contributed by atoms with Crippen LogP contribution in [-0.2, 0) is 13.1 Å². The lowest BCUT2D eigenvalue weighted by atomic mass is 10.0. The van der Waals surface area contributed by atoms with Crippen LogP contribution in [0.5, 0.6) is 0 Å². The summed E-state index contributed by atoms with van der Waals surface area (Å²) < 4.78 is 0. The van der Waals surface area contributed by atoms with Gasteiger partial charge in [0.2, 0.25) is 0 Å². The molecule has 1 atom stereocenters. The van der Waals surface area contributed by atoms with Crippen molar-refractivity contribution in [1.82, 2.24) is 10.2 Å². The first-order valence-corrected chi connectivity index (χ1v) is 8.90. The fourth-order valence-electron chi connectivity index (χ4n) is 2.86. The lowest BCUT2D eigenvalue weighted by Gasteiger charge is -2.19. The average molecular weight is 295 g/mol. The van der Waals surface area contributed by atoms with Crippen LogP contribution in [0.4, 0.5) is 0 Å². The van der Waals surface area contributed by atoms with Gasteiger partial charge in [-0.25, -0.2) is 0 Å². The molecule has 114 valence electrons. The van der Waals surface area contributed by atoms with E-state index < -0.39 is 0 Å². The van der Waals surface area contributed by atoms with Crippen LogP contribution in [0.2, 0.25) is 0 Å². The maximum atomic E-state index is 3.52. The van der Waals surface area contributed by atoms with E-state index in [2.05, 4.69) is 44.0 Å². The normalized spacial score (nSPS) is 21.4. The molecule has 0 aliphatic carbocycles.